The Labute approximate surface area is 263 Å². The van der Waals surface area contributed by atoms with Gasteiger partial charge in [0.05, 0.1) is 12.6 Å². The number of nitrogens with one attached hydrogen (secondary N) is 1. The lowest BCUT2D eigenvalue weighted by Gasteiger charge is -2.54. The Balaban J connectivity index is 1.61. The number of aromatic amines is 1. The average molecular weight is 636 g/mol. The molecule has 8 nitrogen and oxygen atoms in total. The van der Waals surface area contributed by atoms with Gasteiger partial charge >= 0.3 is 5.69 Å². The number of fused-ring (bicyclic) bond motifs is 1. The normalized spacial score (nSPS) is 24.2. The smallest absolute Gasteiger partial charge is 0.330 e. The number of benzene rings is 2. The van der Waals surface area contributed by atoms with E-state index in [1.54, 1.807) is 13.1 Å². The summed E-state index contributed by atoms with van der Waals surface area (Å²) in [6.45, 7) is 16.2. The first-order chi connectivity index (χ1) is 20.9. The molecule has 0 bridgehead atoms. The van der Waals surface area contributed by atoms with Crippen molar-refractivity contribution in [3.63, 3.8) is 0 Å². The summed E-state index contributed by atoms with van der Waals surface area (Å²) in [7, 11) is -2.87. The van der Waals surface area contributed by atoms with E-state index in [1.807, 2.05) is 12.1 Å². The van der Waals surface area contributed by atoms with Gasteiger partial charge in [-0.15, -0.1) is 0 Å². The molecule has 1 unspecified atom stereocenters. The molecule has 238 valence electrons. The predicted molar refractivity (Wildman–Crippen MR) is 181 cm³/mol. The highest BCUT2D eigenvalue weighted by Gasteiger charge is 2.67. The van der Waals surface area contributed by atoms with E-state index in [-0.39, 0.29) is 22.7 Å². The van der Waals surface area contributed by atoms with Gasteiger partial charge in [0.15, 0.2) is 14.5 Å². The van der Waals surface area contributed by atoms with Crippen LogP contribution in [0.5, 0.6) is 0 Å². The summed E-state index contributed by atoms with van der Waals surface area (Å²) >= 11 is 0. The molecule has 1 aromatic heterocycles. The zero-order valence-corrected chi connectivity index (χ0v) is 29.6. The van der Waals surface area contributed by atoms with Crippen molar-refractivity contribution in [3.8, 4) is 0 Å². The van der Waals surface area contributed by atoms with Crippen molar-refractivity contribution in [3.05, 3.63) is 93.3 Å². The van der Waals surface area contributed by atoms with Gasteiger partial charge in [-0.2, -0.15) is 0 Å². The van der Waals surface area contributed by atoms with Crippen LogP contribution in [-0.2, 0) is 13.6 Å². The lowest BCUT2D eigenvalue weighted by atomic mass is 9.83. The van der Waals surface area contributed by atoms with Crippen LogP contribution in [0.2, 0.25) is 23.2 Å². The van der Waals surface area contributed by atoms with Gasteiger partial charge < -0.3 is 13.6 Å². The van der Waals surface area contributed by atoms with Gasteiger partial charge in [-0.3, -0.25) is 19.2 Å². The van der Waals surface area contributed by atoms with Crippen molar-refractivity contribution in [1.82, 2.24) is 14.5 Å². The van der Waals surface area contributed by atoms with E-state index in [9.17, 15) is 9.59 Å². The summed E-state index contributed by atoms with van der Waals surface area (Å²) in [5, 5.41) is 2.24. The van der Waals surface area contributed by atoms with E-state index in [0.717, 1.165) is 18.1 Å². The van der Waals surface area contributed by atoms with Gasteiger partial charge in [0.2, 0.25) is 0 Å². The number of hydrogen-bond acceptors (Lipinski definition) is 6. The third-order valence-corrected chi connectivity index (χ3v) is 19.8. The molecule has 0 spiro atoms. The summed E-state index contributed by atoms with van der Waals surface area (Å²) in [5.41, 5.74) is -1.09. The van der Waals surface area contributed by atoms with Crippen LogP contribution >= 0.6 is 0 Å². The van der Waals surface area contributed by atoms with Crippen LogP contribution in [-0.4, -0.2) is 69.0 Å². The molecule has 2 aliphatic rings. The van der Waals surface area contributed by atoms with E-state index >= 15 is 0 Å². The molecular formula is C34H49N3O5Si2. The highest BCUT2D eigenvalue weighted by Crippen LogP contribution is 2.50. The van der Waals surface area contributed by atoms with Crippen molar-refractivity contribution in [1.29, 1.82) is 0 Å². The molecule has 10 heteroatoms. The zero-order valence-electron chi connectivity index (χ0n) is 27.6. The van der Waals surface area contributed by atoms with E-state index in [1.165, 1.54) is 14.9 Å². The molecule has 5 rings (SSSR count). The minimum absolute atomic E-state index is 0.110. The van der Waals surface area contributed by atoms with Crippen LogP contribution in [0.25, 0.3) is 0 Å². The number of aryl methyl sites for hydroxylation is 1. The Morgan fingerprint density at radius 1 is 0.955 bits per heavy atom. The second-order valence-electron chi connectivity index (χ2n) is 13.7. The monoisotopic (exact) mass is 635 g/mol. The lowest BCUT2D eigenvalue weighted by molar-refractivity contribution is -0.172. The fourth-order valence-corrected chi connectivity index (χ4v) is 15.0. The standard InChI is InChI=1S/C34H49N3O5Si2/c1-9-43(10-2,11-3)42-28-29-34(23-36(29)8,41-31(28)37-22-25(4)30(38)35-32(37)39)24-40-44(33(5,6)7,26-18-14-12-15-19-26)27-20-16-13-17-21-27/h12-22,28-29,31H,9-11,23-24H2,1-8H3,(H,35,38,39)/t28-,29?,31-,34-/m1/s1. The van der Waals surface area contributed by atoms with E-state index in [4.69, 9.17) is 13.6 Å². The molecule has 1 N–H and O–H groups in total. The molecule has 3 aromatic rings. The first-order valence-corrected chi connectivity index (χ1v) is 20.4. The van der Waals surface area contributed by atoms with Crippen molar-refractivity contribution >= 4 is 27.0 Å². The molecule has 2 aliphatic heterocycles. The number of ether oxygens (including phenoxy) is 1. The SMILES string of the molecule is CC[Si](CC)(CC)O[C@@H]1C2N(C)C[C@]2(CO[Si](c2ccccc2)(c2ccccc2)C(C)(C)C)O[C@H]1n1cc(C)c(=O)[nH]c1=O. The van der Waals surface area contributed by atoms with Gasteiger partial charge in [0.1, 0.15) is 11.7 Å². The van der Waals surface area contributed by atoms with E-state index < -0.39 is 34.2 Å². The molecule has 44 heavy (non-hydrogen) atoms. The quantitative estimate of drug-likeness (QED) is 0.315. The number of likely N-dealkylation sites (N-methyl/N-ethyl adjacent to an activating group) is 1. The maximum atomic E-state index is 13.3. The van der Waals surface area contributed by atoms with Crippen molar-refractivity contribution in [2.75, 3.05) is 20.2 Å². The van der Waals surface area contributed by atoms with Crippen LogP contribution in [0.4, 0.5) is 0 Å². The van der Waals surface area contributed by atoms with E-state index in [0.29, 0.717) is 18.7 Å². The fourth-order valence-electron chi connectivity index (χ4n) is 7.58. The maximum absolute atomic E-state index is 13.3. The Kier molecular flexibility index (Phi) is 9.16. The Bertz CT molecular complexity index is 1500. The Hall–Kier alpha value is -2.61. The van der Waals surface area contributed by atoms with Gasteiger partial charge in [-0.25, -0.2) is 4.79 Å². The number of aromatic nitrogens is 2. The fraction of sp³-hybridized carbons (Fsp3) is 0.529. The highest BCUT2D eigenvalue weighted by molar-refractivity contribution is 6.99. The van der Waals surface area contributed by atoms with E-state index in [2.05, 4.69) is 107 Å². The predicted octanol–water partition coefficient (Wildman–Crippen LogP) is 4.39. The maximum Gasteiger partial charge on any atom is 0.330 e. The van der Waals surface area contributed by atoms with Crippen LogP contribution in [0.1, 0.15) is 53.3 Å². The number of nitrogens with zero attached hydrogens (tertiary/aromatic N) is 2. The molecule has 2 fully saturated rings. The molecule has 3 heterocycles. The van der Waals surface area contributed by atoms with Gasteiger partial charge in [-0.05, 0) is 47.5 Å². The van der Waals surface area contributed by atoms with Gasteiger partial charge in [-0.1, -0.05) is 102 Å². The number of H-pyrrole nitrogens is 1. The van der Waals surface area contributed by atoms with Gasteiger partial charge in [0.25, 0.3) is 13.9 Å². The van der Waals surface area contributed by atoms with Gasteiger partial charge in [0, 0.05) is 18.3 Å². The third-order valence-electron chi connectivity index (χ3n) is 10.2. The molecule has 0 aliphatic carbocycles. The first-order valence-electron chi connectivity index (χ1n) is 16.0. The van der Waals surface area contributed by atoms with Crippen molar-refractivity contribution in [2.24, 2.45) is 0 Å². The Morgan fingerprint density at radius 3 is 1.98 bits per heavy atom. The van der Waals surface area contributed by atoms with Crippen LogP contribution in [0.15, 0.2) is 76.4 Å². The molecule has 4 atom stereocenters. The highest BCUT2D eigenvalue weighted by atomic mass is 28.4. The zero-order chi connectivity index (χ0) is 31.9. The third kappa shape index (κ3) is 5.43. The summed E-state index contributed by atoms with van der Waals surface area (Å²) in [4.78, 5) is 30.4. The minimum atomic E-state index is -2.85. The molecule has 2 aromatic carbocycles. The lowest BCUT2D eigenvalue weighted by Crippen LogP contribution is -2.74. The average Bonchev–Trinajstić information content (AvgIpc) is 3.25. The molecule has 0 amide bonds. The number of rotatable bonds is 11. The Morgan fingerprint density at radius 2 is 1.50 bits per heavy atom. The van der Waals surface area contributed by atoms with Crippen molar-refractivity contribution < 1.29 is 13.6 Å². The largest absolute Gasteiger partial charge is 0.408 e. The summed E-state index contributed by atoms with van der Waals surface area (Å²) in [6, 6.07) is 24.1. The topological polar surface area (TPSA) is 85.8 Å². The van der Waals surface area contributed by atoms with Crippen LogP contribution < -0.4 is 21.6 Å². The van der Waals surface area contributed by atoms with Crippen LogP contribution in [0, 0.1) is 6.92 Å². The molecule has 0 saturated carbocycles. The molecule has 0 radical (unpaired) electrons. The number of likely N-dealkylation sites (tertiary alicyclic amines) is 1. The summed E-state index contributed by atoms with van der Waals surface area (Å²) in [5.74, 6) is 0. The number of hydrogen-bond donors (Lipinski definition) is 1. The molecular weight excluding hydrogens is 587 g/mol. The summed E-state index contributed by atoms with van der Waals surface area (Å²) < 4.78 is 23.2. The van der Waals surface area contributed by atoms with Crippen molar-refractivity contribution in [2.45, 2.75) is 95.6 Å². The minimum Gasteiger partial charge on any atom is -0.408 e. The molecule has 2 saturated heterocycles. The first kappa shape index (κ1) is 32.8. The second-order valence-corrected chi connectivity index (χ2v) is 22.7. The summed E-state index contributed by atoms with van der Waals surface area (Å²) in [6.07, 6.45) is 0.551. The second kappa shape index (κ2) is 12.3. The van der Waals surface area contributed by atoms with Crippen LogP contribution in [0.3, 0.4) is 0 Å².